The van der Waals surface area contributed by atoms with Crippen molar-refractivity contribution in [2.45, 2.75) is 296 Å². The molecule has 0 amide bonds. The SMILES string of the molecule is CC/C=C\C/C=C\C/C=C\C/C=C\C/C=C\C/C=C\C/C=C\CCCCCC(=O)OC(COC(=O)CCCCCCCCCCCCCCCCCCCCCCCCCCCCCCCC)COP(=O)([O-])OCC[N+](C)(C)C. The Hall–Kier alpha value is -2.81. The van der Waals surface area contributed by atoms with Crippen molar-refractivity contribution in [2.75, 3.05) is 47.5 Å². The summed E-state index contributed by atoms with van der Waals surface area (Å²) in [4.78, 5) is 38.0. The number of unbranched alkanes of at least 4 members (excludes halogenated alkanes) is 32. The monoisotopic (exact) mass is 1130 g/mol. The summed E-state index contributed by atoms with van der Waals surface area (Å²) in [5.74, 6) is -0.866. The largest absolute Gasteiger partial charge is 0.756 e. The van der Waals surface area contributed by atoms with Gasteiger partial charge in [-0.05, 0) is 70.6 Å². The van der Waals surface area contributed by atoms with Gasteiger partial charge in [0, 0.05) is 12.8 Å². The van der Waals surface area contributed by atoms with Gasteiger partial charge in [0.15, 0.2) is 6.10 Å². The van der Waals surface area contributed by atoms with Crippen LogP contribution in [-0.2, 0) is 32.7 Å². The van der Waals surface area contributed by atoms with Gasteiger partial charge in [0.05, 0.1) is 27.7 Å². The number of nitrogens with zero attached hydrogens (tertiary/aromatic N) is 1. The average molecular weight is 1130 g/mol. The smallest absolute Gasteiger partial charge is 0.306 e. The molecule has 2 atom stereocenters. The molecule has 10 heteroatoms. The number of hydrogen-bond acceptors (Lipinski definition) is 8. The van der Waals surface area contributed by atoms with Gasteiger partial charge in [-0.2, -0.15) is 0 Å². The molecule has 0 N–H and O–H groups in total. The maximum atomic E-state index is 12.8. The molecular weight excluding hydrogens is 1000 g/mol. The molecule has 0 heterocycles. The molecule has 0 aromatic rings. The van der Waals surface area contributed by atoms with Gasteiger partial charge >= 0.3 is 11.9 Å². The van der Waals surface area contributed by atoms with Gasteiger partial charge in [-0.3, -0.25) is 14.2 Å². The first kappa shape index (κ1) is 76.2. The Bertz CT molecular complexity index is 1610. The van der Waals surface area contributed by atoms with Crippen LogP contribution in [0.5, 0.6) is 0 Å². The number of carbonyl (C=O) groups is 2. The van der Waals surface area contributed by atoms with E-state index in [0.717, 1.165) is 83.5 Å². The second-order valence-electron chi connectivity index (χ2n) is 23.1. The molecule has 0 bridgehead atoms. The molecule has 0 spiro atoms. The lowest BCUT2D eigenvalue weighted by Gasteiger charge is -2.28. The fourth-order valence-corrected chi connectivity index (χ4v) is 9.90. The van der Waals surface area contributed by atoms with Crippen LogP contribution in [0.25, 0.3) is 0 Å². The lowest BCUT2D eigenvalue weighted by molar-refractivity contribution is -0.870. The first-order valence-corrected chi connectivity index (χ1v) is 34.3. The van der Waals surface area contributed by atoms with E-state index in [0.29, 0.717) is 17.4 Å². The summed E-state index contributed by atoms with van der Waals surface area (Å²) in [6.45, 7) is 4.12. The summed E-state index contributed by atoms with van der Waals surface area (Å²) >= 11 is 0. The normalized spacial score (nSPS) is 13.7. The zero-order valence-electron chi connectivity index (χ0n) is 52.1. The van der Waals surface area contributed by atoms with E-state index < -0.39 is 26.5 Å². The molecule has 0 radical (unpaired) electrons. The van der Waals surface area contributed by atoms with Crippen molar-refractivity contribution >= 4 is 19.8 Å². The van der Waals surface area contributed by atoms with Crippen LogP contribution in [0.1, 0.15) is 290 Å². The third-order valence-electron chi connectivity index (χ3n) is 14.2. The van der Waals surface area contributed by atoms with E-state index in [1.54, 1.807) is 0 Å². The minimum atomic E-state index is -4.65. The predicted molar refractivity (Wildman–Crippen MR) is 337 cm³/mol. The van der Waals surface area contributed by atoms with Gasteiger partial charge in [-0.25, -0.2) is 0 Å². The minimum Gasteiger partial charge on any atom is -0.756 e. The zero-order valence-corrected chi connectivity index (χ0v) is 52.9. The summed E-state index contributed by atoms with van der Waals surface area (Å²) in [5, 5.41) is 0. The number of phosphoric acid groups is 1. The van der Waals surface area contributed by atoms with Crippen LogP contribution < -0.4 is 4.89 Å². The van der Waals surface area contributed by atoms with Gasteiger partial charge < -0.3 is 27.9 Å². The number of quaternary nitrogens is 1. The van der Waals surface area contributed by atoms with Crippen LogP contribution in [0.15, 0.2) is 85.1 Å². The third-order valence-corrected chi connectivity index (χ3v) is 15.1. The van der Waals surface area contributed by atoms with Gasteiger partial charge in [-0.1, -0.05) is 292 Å². The Morgan fingerprint density at radius 1 is 0.405 bits per heavy atom. The van der Waals surface area contributed by atoms with Crippen LogP contribution in [0.3, 0.4) is 0 Å². The Morgan fingerprint density at radius 2 is 0.722 bits per heavy atom. The number of carbonyl (C=O) groups excluding carboxylic acids is 2. The first-order chi connectivity index (χ1) is 38.5. The number of rotatable bonds is 60. The van der Waals surface area contributed by atoms with Crippen molar-refractivity contribution in [1.29, 1.82) is 0 Å². The number of phosphoric ester groups is 1. The van der Waals surface area contributed by atoms with E-state index in [-0.39, 0.29) is 32.0 Å². The molecule has 0 fully saturated rings. The number of hydrogen-bond donors (Lipinski definition) is 0. The van der Waals surface area contributed by atoms with Crippen molar-refractivity contribution in [2.24, 2.45) is 0 Å². The number of allylic oxidation sites excluding steroid dienone is 14. The van der Waals surface area contributed by atoms with Crippen LogP contribution in [0.4, 0.5) is 0 Å². The topological polar surface area (TPSA) is 111 Å². The van der Waals surface area contributed by atoms with Crippen LogP contribution in [0, 0.1) is 0 Å². The summed E-state index contributed by atoms with van der Waals surface area (Å²) in [6.07, 6.45) is 80.9. The lowest BCUT2D eigenvalue weighted by Crippen LogP contribution is -2.37. The zero-order chi connectivity index (χ0) is 57.7. The molecule has 458 valence electrons. The fraction of sp³-hybridized carbons (Fsp3) is 0.768. The molecule has 0 aliphatic heterocycles. The van der Waals surface area contributed by atoms with E-state index in [9.17, 15) is 19.0 Å². The van der Waals surface area contributed by atoms with Crippen molar-refractivity contribution in [1.82, 2.24) is 0 Å². The standard InChI is InChI=1S/C69H124NO8P/c1-6-8-10-12-14-16-18-20-22-24-26-28-30-32-33-34-35-36-38-39-41-43-45-47-49-51-53-55-57-59-61-68(71)75-65-67(66-77-79(73,74)76-64-63-70(3,4)5)78-69(72)62-60-58-56-54-52-50-48-46-44-42-40-37-31-29-27-25-23-21-19-17-15-13-11-9-7-2/h9,11,15,17,21,23,27,29,37,40,44,46,50,52,67H,6-8,10,12-14,16,18-20,22,24-26,28,30-36,38-39,41-43,45,47-49,51,53-66H2,1-5H3/b11-9-,17-15-,23-21-,29-27-,40-37-,46-44-,52-50-. The highest BCUT2D eigenvalue weighted by atomic mass is 31.2. The maximum absolute atomic E-state index is 12.8. The molecule has 0 aliphatic carbocycles. The molecule has 0 aliphatic rings. The molecular formula is C69H124NO8P. The summed E-state index contributed by atoms with van der Waals surface area (Å²) in [6, 6.07) is 0. The quantitative estimate of drug-likeness (QED) is 0.0195. The van der Waals surface area contributed by atoms with Crippen molar-refractivity contribution < 1.29 is 42.1 Å². The molecule has 79 heavy (non-hydrogen) atoms. The van der Waals surface area contributed by atoms with Gasteiger partial charge in [0.25, 0.3) is 7.82 Å². The second-order valence-corrected chi connectivity index (χ2v) is 24.5. The van der Waals surface area contributed by atoms with Crippen molar-refractivity contribution in [3.8, 4) is 0 Å². The van der Waals surface area contributed by atoms with Crippen LogP contribution in [-0.4, -0.2) is 70.0 Å². The van der Waals surface area contributed by atoms with Crippen LogP contribution >= 0.6 is 7.82 Å². The molecule has 0 saturated carbocycles. The predicted octanol–water partition coefficient (Wildman–Crippen LogP) is 20.4. The van der Waals surface area contributed by atoms with Gasteiger partial charge in [0.1, 0.15) is 19.8 Å². The van der Waals surface area contributed by atoms with Crippen molar-refractivity contribution in [3.63, 3.8) is 0 Å². The van der Waals surface area contributed by atoms with E-state index >= 15 is 0 Å². The Labute approximate surface area is 488 Å². The third kappa shape index (κ3) is 64.2. The molecule has 0 saturated heterocycles. The molecule has 2 unspecified atom stereocenters. The maximum Gasteiger partial charge on any atom is 0.306 e. The van der Waals surface area contributed by atoms with Gasteiger partial charge in [-0.15, -0.1) is 0 Å². The van der Waals surface area contributed by atoms with Gasteiger partial charge in [0.2, 0.25) is 0 Å². The molecule has 0 aromatic carbocycles. The Balaban J connectivity index is 4.12. The number of ether oxygens (including phenoxy) is 2. The average Bonchev–Trinajstić information content (AvgIpc) is 3.41. The molecule has 0 rings (SSSR count). The van der Waals surface area contributed by atoms with E-state index in [4.69, 9.17) is 18.5 Å². The Kier molecular flexibility index (Phi) is 57.7. The van der Waals surface area contributed by atoms with E-state index in [2.05, 4.69) is 98.9 Å². The van der Waals surface area contributed by atoms with Crippen LogP contribution in [0.2, 0.25) is 0 Å². The number of likely N-dealkylation sites (N-methyl/N-ethyl adjacent to an activating group) is 1. The fourth-order valence-electron chi connectivity index (χ4n) is 9.17. The first-order valence-electron chi connectivity index (χ1n) is 32.8. The van der Waals surface area contributed by atoms with E-state index in [1.807, 2.05) is 21.1 Å². The summed E-state index contributed by atoms with van der Waals surface area (Å²) in [5.41, 5.74) is 0. The van der Waals surface area contributed by atoms with E-state index in [1.165, 1.54) is 173 Å². The van der Waals surface area contributed by atoms with Crippen molar-refractivity contribution in [3.05, 3.63) is 85.1 Å². The second kappa shape index (κ2) is 59.8. The molecule has 0 aromatic heterocycles. The Morgan fingerprint density at radius 3 is 1.08 bits per heavy atom. The summed E-state index contributed by atoms with van der Waals surface area (Å²) in [7, 11) is 1.14. The number of esters is 2. The highest BCUT2D eigenvalue weighted by molar-refractivity contribution is 7.45. The highest BCUT2D eigenvalue weighted by Gasteiger charge is 2.22. The lowest BCUT2D eigenvalue weighted by atomic mass is 10.0. The highest BCUT2D eigenvalue weighted by Crippen LogP contribution is 2.38. The minimum absolute atomic E-state index is 0.0406. The molecule has 9 nitrogen and oxygen atoms in total. The summed E-state index contributed by atoms with van der Waals surface area (Å²) < 4.78 is 34.2.